The summed E-state index contributed by atoms with van der Waals surface area (Å²) in [7, 11) is 0. The van der Waals surface area contributed by atoms with E-state index in [-0.39, 0.29) is 12.4 Å². The maximum absolute atomic E-state index is 13.6. The number of benzene rings is 2. The lowest BCUT2D eigenvalue weighted by molar-refractivity contribution is -0.141. The lowest BCUT2D eigenvalue weighted by Crippen LogP contribution is -2.06. The molecule has 0 fully saturated rings. The van der Waals surface area contributed by atoms with Crippen LogP contribution in [0.15, 0.2) is 42.6 Å². The molecule has 0 atom stereocenters. The lowest BCUT2D eigenvalue weighted by atomic mass is 10.2. The third-order valence-corrected chi connectivity index (χ3v) is 3.93. The van der Waals surface area contributed by atoms with Crippen molar-refractivity contribution in [1.29, 1.82) is 0 Å². The van der Waals surface area contributed by atoms with E-state index in [1.807, 2.05) is 0 Å². The maximum atomic E-state index is 13.6. The van der Waals surface area contributed by atoms with Crippen LogP contribution in [0, 0.1) is 24.4 Å². The Kier molecular flexibility index (Phi) is 4.86. The molecule has 0 amide bonds. The van der Waals surface area contributed by atoms with Gasteiger partial charge in [-0.15, -0.1) is 0 Å². The fourth-order valence-corrected chi connectivity index (χ4v) is 2.53. The molecule has 1 aromatic heterocycles. The Balaban J connectivity index is 1.77. The predicted octanol–water partition coefficient (Wildman–Crippen LogP) is 5.23. The number of anilines is 1. The van der Waals surface area contributed by atoms with Gasteiger partial charge >= 0.3 is 6.18 Å². The van der Waals surface area contributed by atoms with Gasteiger partial charge in [0.2, 0.25) is 0 Å². The predicted molar refractivity (Wildman–Crippen MR) is 86.9 cm³/mol. The molecule has 1 N–H and O–H groups in total. The Hall–Kier alpha value is -2.97. The first-order valence-electron chi connectivity index (χ1n) is 7.76. The summed E-state index contributed by atoms with van der Waals surface area (Å²) >= 11 is 0. The molecule has 0 bridgehead atoms. The summed E-state index contributed by atoms with van der Waals surface area (Å²) in [6.07, 6.45) is -3.66. The average molecular weight is 385 g/mol. The number of hydrogen-bond donors (Lipinski definition) is 1. The van der Waals surface area contributed by atoms with Gasteiger partial charge in [-0.1, -0.05) is 0 Å². The zero-order valence-corrected chi connectivity index (χ0v) is 13.9. The minimum Gasteiger partial charge on any atom is -0.381 e. The summed E-state index contributed by atoms with van der Waals surface area (Å²) in [6.45, 7) is 1.15. The van der Waals surface area contributed by atoms with Crippen LogP contribution in [0.3, 0.4) is 0 Å². The average Bonchev–Trinajstić information content (AvgIpc) is 3.01. The molecular formula is C18H13F6N3. The van der Waals surface area contributed by atoms with Crippen LogP contribution in [0.5, 0.6) is 0 Å². The van der Waals surface area contributed by atoms with Crippen molar-refractivity contribution in [3.63, 3.8) is 0 Å². The molecule has 9 heteroatoms. The molecule has 3 nitrogen and oxygen atoms in total. The standard InChI is InChI=1S/C18H13F6N3/c1-10-26-16(18(22,23)24)9-27(10)12-4-2-11(3-5-12)25-8-13-14(19)6-7-15(20)17(13)21/h2-7,9,25H,8H2,1H3. The molecule has 3 rings (SSSR count). The Morgan fingerprint density at radius 3 is 2.19 bits per heavy atom. The third kappa shape index (κ3) is 3.91. The first-order chi connectivity index (χ1) is 12.7. The molecule has 0 aliphatic carbocycles. The van der Waals surface area contributed by atoms with Crippen molar-refractivity contribution in [3.8, 4) is 5.69 Å². The summed E-state index contributed by atoms with van der Waals surface area (Å²) in [5, 5.41) is 2.74. The van der Waals surface area contributed by atoms with Crippen LogP contribution in [0.4, 0.5) is 32.0 Å². The van der Waals surface area contributed by atoms with E-state index < -0.39 is 34.9 Å². The van der Waals surface area contributed by atoms with Crippen LogP contribution in [0.1, 0.15) is 17.1 Å². The molecule has 0 saturated heterocycles. The van der Waals surface area contributed by atoms with Crippen LogP contribution < -0.4 is 5.32 Å². The van der Waals surface area contributed by atoms with Crippen molar-refractivity contribution in [3.05, 3.63) is 77.1 Å². The van der Waals surface area contributed by atoms with Crippen molar-refractivity contribution in [2.45, 2.75) is 19.6 Å². The minimum absolute atomic E-state index is 0.159. The molecule has 1 heterocycles. The van der Waals surface area contributed by atoms with E-state index in [4.69, 9.17) is 0 Å². The van der Waals surface area contributed by atoms with Gasteiger partial charge in [0.1, 0.15) is 11.6 Å². The zero-order valence-electron chi connectivity index (χ0n) is 13.9. The highest BCUT2D eigenvalue weighted by atomic mass is 19.4. The van der Waals surface area contributed by atoms with E-state index in [0.29, 0.717) is 17.4 Å². The second kappa shape index (κ2) is 6.98. The van der Waals surface area contributed by atoms with E-state index in [9.17, 15) is 26.3 Å². The summed E-state index contributed by atoms with van der Waals surface area (Å²) in [4.78, 5) is 3.49. The molecule has 0 saturated carbocycles. The number of aromatic nitrogens is 2. The Labute approximate surface area is 150 Å². The highest BCUT2D eigenvalue weighted by molar-refractivity contribution is 5.49. The summed E-state index contributed by atoms with van der Waals surface area (Å²) in [5.41, 5.74) is -0.557. The molecule has 0 unspecified atom stereocenters. The largest absolute Gasteiger partial charge is 0.434 e. The second-order valence-corrected chi connectivity index (χ2v) is 5.76. The SMILES string of the molecule is Cc1nc(C(F)(F)F)cn1-c1ccc(NCc2c(F)ccc(F)c2F)cc1. The number of halogens is 6. The Morgan fingerprint density at radius 1 is 0.963 bits per heavy atom. The molecule has 27 heavy (non-hydrogen) atoms. The first kappa shape index (κ1) is 18.8. The van der Waals surface area contributed by atoms with E-state index in [1.165, 1.54) is 35.8 Å². The molecule has 142 valence electrons. The van der Waals surface area contributed by atoms with Gasteiger partial charge in [0.25, 0.3) is 0 Å². The summed E-state index contributed by atoms with van der Waals surface area (Å²) in [5.74, 6) is -3.15. The van der Waals surface area contributed by atoms with Gasteiger partial charge in [0.15, 0.2) is 17.3 Å². The van der Waals surface area contributed by atoms with Gasteiger partial charge in [-0.3, -0.25) is 0 Å². The van der Waals surface area contributed by atoms with Crippen LogP contribution in [-0.4, -0.2) is 9.55 Å². The Bertz CT molecular complexity index is 960. The number of nitrogens with one attached hydrogen (secondary N) is 1. The quantitative estimate of drug-likeness (QED) is 0.492. The maximum Gasteiger partial charge on any atom is 0.434 e. The third-order valence-electron chi connectivity index (χ3n) is 3.93. The van der Waals surface area contributed by atoms with Crippen molar-refractivity contribution < 1.29 is 26.3 Å². The normalized spacial score (nSPS) is 11.7. The number of nitrogens with zero attached hydrogens (tertiary/aromatic N) is 2. The molecule has 0 aliphatic heterocycles. The van der Waals surface area contributed by atoms with Crippen LogP contribution >= 0.6 is 0 Å². The molecule has 0 aliphatic rings. The molecular weight excluding hydrogens is 372 g/mol. The minimum atomic E-state index is -4.55. The number of imidazole rings is 1. The van der Waals surface area contributed by atoms with Gasteiger partial charge in [-0.25, -0.2) is 18.2 Å². The van der Waals surface area contributed by atoms with Gasteiger partial charge in [0, 0.05) is 29.7 Å². The van der Waals surface area contributed by atoms with E-state index in [1.54, 1.807) is 0 Å². The van der Waals surface area contributed by atoms with Gasteiger partial charge in [-0.05, 0) is 43.3 Å². The van der Waals surface area contributed by atoms with Crippen LogP contribution in [0.25, 0.3) is 5.69 Å². The topological polar surface area (TPSA) is 29.9 Å². The smallest absolute Gasteiger partial charge is 0.381 e. The molecule has 2 aromatic carbocycles. The monoisotopic (exact) mass is 385 g/mol. The Morgan fingerprint density at radius 2 is 1.59 bits per heavy atom. The molecule has 0 radical (unpaired) electrons. The second-order valence-electron chi connectivity index (χ2n) is 5.76. The number of rotatable bonds is 4. The highest BCUT2D eigenvalue weighted by Gasteiger charge is 2.34. The van der Waals surface area contributed by atoms with Crippen molar-refractivity contribution >= 4 is 5.69 Å². The van der Waals surface area contributed by atoms with Crippen LogP contribution in [0.2, 0.25) is 0 Å². The summed E-state index contributed by atoms with van der Waals surface area (Å²) in [6, 6.07) is 7.63. The fraction of sp³-hybridized carbons (Fsp3) is 0.167. The zero-order chi connectivity index (χ0) is 19.8. The van der Waals surface area contributed by atoms with Crippen LogP contribution in [-0.2, 0) is 12.7 Å². The summed E-state index contributed by atoms with van der Waals surface area (Å²) < 4.78 is 79.9. The first-order valence-corrected chi connectivity index (χ1v) is 7.76. The number of hydrogen-bond acceptors (Lipinski definition) is 2. The highest BCUT2D eigenvalue weighted by Crippen LogP contribution is 2.29. The van der Waals surface area contributed by atoms with Gasteiger partial charge in [-0.2, -0.15) is 13.2 Å². The molecule has 0 spiro atoms. The lowest BCUT2D eigenvalue weighted by Gasteiger charge is -2.10. The van der Waals surface area contributed by atoms with Crippen molar-refractivity contribution in [2.24, 2.45) is 0 Å². The van der Waals surface area contributed by atoms with E-state index in [2.05, 4.69) is 10.3 Å². The fourth-order valence-electron chi connectivity index (χ4n) is 2.53. The van der Waals surface area contributed by atoms with Crippen molar-refractivity contribution in [2.75, 3.05) is 5.32 Å². The van der Waals surface area contributed by atoms with E-state index >= 15 is 0 Å². The molecule has 3 aromatic rings. The van der Waals surface area contributed by atoms with Crippen molar-refractivity contribution in [1.82, 2.24) is 9.55 Å². The van der Waals surface area contributed by atoms with Gasteiger partial charge < -0.3 is 9.88 Å². The number of alkyl halides is 3. The van der Waals surface area contributed by atoms with Gasteiger partial charge in [0.05, 0.1) is 0 Å². The number of aryl methyl sites for hydroxylation is 1. The van der Waals surface area contributed by atoms with E-state index in [0.717, 1.165) is 12.3 Å².